The van der Waals surface area contributed by atoms with Crippen LogP contribution in [0, 0.1) is 5.92 Å². The Hall–Kier alpha value is -2.21. The molecule has 27 heavy (non-hydrogen) atoms. The minimum Gasteiger partial charge on any atom is -0.335 e. The molecular formula is C21H29N3O3. The van der Waals surface area contributed by atoms with Crippen molar-refractivity contribution in [2.75, 3.05) is 13.1 Å². The van der Waals surface area contributed by atoms with E-state index in [4.69, 9.17) is 0 Å². The second kappa shape index (κ2) is 9.13. The molecule has 3 rings (SSSR count). The van der Waals surface area contributed by atoms with Crippen molar-refractivity contribution in [1.82, 2.24) is 15.5 Å². The summed E-state index contributed by atoms with van der Waals surface area (Å²) in [5.41, 5.74) is 0.755. The first-order chi connectivity index (χ1) is 13.0. The summed E-state index contributed by atoms with van der Waals surface area (Å²) in [7, 11) is 0. The van der Waals surface area contributed by atoms with E-state index < -0.39 is 6.03 Å². The van der Waals surface area contributed by atoms with Gasteiger partial charge in [-0.2, -0.15) is 0 Å². The number of ketones is 1. The molecule has 1 saturated carbocycles. The first-order valence-corrected chi connectivity index (χ1v) is 9.99. The van der Waals surface area contributed by atoms with E-state index in [1.807, 2.05) is 42.2 Å². The van der Waals surface area contributed by atoms with Gasteiger partial charge in [-0.05, 0) is 45.7 Å². The number of urea groups is 1. The van der Waals surface area contributed by atoms with Crippen LogP contribution >= 0.6 is 0 Å². The third kappa shape index (κ3) is 5.16. The van der Waals surface area contributed by atoms with Crippen molar-refractivity contribution in [3.63, 3.8) is 0 Å². The van der Waals surface area contributed by atoms with Crippen LogP contribution in [-0.4, -0.2) is 47.8 Å². The summed E-state index contributed by atoms with van der Waals surface area (Å²) in [6, 6.07) is 8.79. The van der Waals surface area contributed by atoms with Crippen LogP contribution in [-0.2, 0) is 4.79 Å². The van der Waals surface area contributed by atoms with Crippen LogP contribution in [0.25, 0.3) is 0 Å². The molecule has 0 spiro atoms. The number of nitrogens with one attached hydrogen (secondary N) is 2. The number of amides is 3. The number of likely N-dealkylation sites (tertiary alicyclic amines) is 1. The maximum absolute atomic E-state index is 12.6. The van der Waals surface area contributed by atoms with Crippen molar-refractivity contribution in [3.8, 4) is 0 Å². The van der Waals surface area contributed by atoms with Gasteiger partial charge in [0.05, 0.1) is 6.04 Å². The van der Waals surface area contributed by atoms with Crippen LogP contribution in [0.15, 0.2) is 30.3 Å². The Morgan fingerprint density at radius 2 is 1.63 bits per heavy atom. The average molecular weight is 371 g/mol. The van der Waals surface area contributed by atoms with Crippen molar-refractivity contribution in [1.29, 1.82) is 0 Å². The summed E-state index contributed by atoms with van der Waals surface area (Å²) >= 11 is 0. The molecule has 0 radical (unpaired) electrons. The molecule has 6 heteroatoms. The Morgan fingerprint density at radius 1 is 1.00 bits per heavy atom. The van der Waals surface area contributed by atoms with Gasteiger partial charge in [0.15, 0.2) is 5.78 Å². The highest BCUT2D eigenvalue weighted by atomic mass is 16.2. The summed E-state index contributed by atoms with van der Waals surface area (Å²) in [5.74, 6) is -0.0915. The monoisotopic (exact) mass is 371 g/mol. The zero-order valence-electron chi connectivity index (χ0n) is 15.9. The predicted molar refractivity (Wildman–Crippen MR) is 103 cm³/mol. The second-order valence-corrected chi connectivity index (χ2v) is 7.66. The largest absolute Gasteiger partial charge is 0.335 e. The summed E-state index contributed by atoms with van der Waals surface area (Å²) in [6.07, 6.45) is 5.71. The van der Waals surface area contributed by atoms with Gasteiger partial charge < -0.3 is 5.32 Å². The van der Waals surface area contributed by atoms with Crippen molar-refractivity contribution in [2.24, 2.45) is 5.92 Å². The van der Waals surface area contributed by atoms with E-state index in [0.717, 1.165) is 44.1 Å². The highest BCUT2D eigenvalue weighted by molar-refractivity contribution is 5.98. The molecule has 1 aromatic rings. The SMILES string of the molecule is CC(C(=O)NC(=O)NC1CCCC1)N1CCC(C(=O)c2ccccc2)CC1. The van der Waals surface area contributed by atoms with Crippen LogP contribution in [0.2, 0.25) is 0 Å². The van der Waals surface area contributed by atoms with Crippen molar-refractivity contribution in [3.05, 3.63) is 35.9 Å². The van der Waals surface area contributed by atoms with Gasteiger partial charge >= 0.3 is 6.03 Å². The number of carbonyl (C=O) groups is 3. The maximum Gasteiger partial charge on any atom is 0.321 e. The fourth-order valence-electron chi connectivity index (χ4n) is 4.06. The Labute approximate surface area is 160 Å². The fourth-order valence-corrected chi connectivity index (χ4v) is 4.06. The van der Waals surface area contributed by atoms with Gasteiger partial charge in [0.1, 0.15) is 0 Å². The molecule has 3 amide bonds. The van der Waals surface area contributed by atoms with Gasteiger partial charge in [0.2, 0.25) is 5.91 Å². The molecule has 0 bridgehead atoms. The first-order valence-electron chi connectivity index (χ1n) is 9.99. The molecule has 2 N–H and O–H groups in total. The third-order valence-electron chi connectivity index (χ3n) is 5.81. The van der Waals surface area contributed by atoms with Crippen molar-refractivity contribution < 1.29 is 14.4 Å². The minimum atomic E-state index is -0.395. The van der Waals surface area contributed by atoms with Gasteiger partial charge in [-0.1, -0.05) is 43.2 Å². The van der Waals surface area contributed by atoms with Crippen LogP contribution in [0.4, 0.5) is 4.79 Å². The van der Waals surface area contributed by atoms with Crippen molar-refractivity contribution >= 4 is 17.7 Å². The van der Waals surface area contributed by atoms with E-state index in [1.165, 1.54) is 0 Å². The van der Waals surface area contributed by atoms with Gasteiger partial charge in [-0.3, -0.25) is 19.8 Å². The Morgan fingerprint density at radius 3 is 2.26 bits per heavy atom. The molecule has 1 aromatic carbocycles. The quantitative estimate of drug-likeness (QED) is 0.780. The molecule has 0 aromatic heterocycles. The van der Waals surface area contributed by atoms with Gasteiger partial charge in [0.25, 0.3) is 0 Å². The molecule has 146 valence electrons. The van der Waals surface area contributed by atoms with Gasteiger partial charge in [-0.15, -0.1) is 0 Å². The fraction of sp³-hybridized carbons (Fsp3) is 0.571. The molecule has 2 fully saturated rings. The summed E-state index contributed by atoms with van der Waals surface area (Å²) < 4.78 is 0. The molecule has 1 heterocycles. The lowest BCUT2D eigenvalue weighted by atomic mass is 9.88. The summed E-state index contributed by atoms with van der Waals surface area (Å²) in [6.45, 7) is 3.18. The number of rotatable bonds is 5. The maximum atomic E-state index is 12.6. The molecule has 2 aliphatic rings. The van der Waals surface area contributed by atoms with Gasteiger partial charge in [-0.25, -0.2) is 4.79 Å². The smallest absolute Gasteiger partial charge is 0.321 e. The van der Waals surface area contributed by atoms with Crippen LogP contribution < -0.4 is 10.6 Å². The van der Waals surface area contributed by atoms with Gasteiger partial charge in [0, 0.05) is 17.5 Å². The van der Waals surface area contributed by atoms with E-state index in [9.17, 15) is 14.4 Å². The lowest BCUT2D eigenvalue weighted by molar-refractivity contribution is -0.125. The lowest BCUT2D eigenvalue weighted by Crippen LogP contribution is -2.52. The zero-order valence-corrected chi connectivity index (χ0v) is 15.9. The average Bonchev–Trinajstić information content (AvgIpc) is 3.20. The number of nitrogens with zero attached hydrogens (tertiary/aromatic N) is 1. The molecule has 1 saturated heterocycles. The normalized spacial score (nSPS) is 20.2. The zero-order chi connectivity index (χ0) is 19.2. The number of carbonyl (C=O) groups excluding carboxylic acids is 3. The third-order valence-corrected chi connectivity index (χ3v) is 5.81. The number of benzene rings is 1. The van der Waals surface area contributed by atoms with Crippen molar-refractivity contribution in [2.45, 2.75) is 57.5 Å². The van der Waals surface area contributed by atoms with E-state index in [2.05, 4.69) is 10.6 Å². The first kappa shape index (κ1) is 19.5. The number of Topliss-reactive ketones (excluding diaryl/α,β-unsaturated/α-hetero) is 1. The molecule has 6 nitrogen and oxygen atoms in total. The Bertz CT molecular complexity index is 663. The second-order valence-electron chi connectivity index (χ2n) is 7.66. The summed E-state index contributed by atoms with van der Waals surface area (Å²) in [5, 5.41) is 5.34. The molecule has 1 unspecified atom stereocenters. The van der Waals surface area contributed by atoms with Crippen LogP contribution in [0.3, 0.4) is 0 Å². The Kier molecular flexibility index (Phi) is 6.61. The van der Waals surface area contributed by atoms with E-state index >= 15 is 0 Å². The van der Waals surface area contributed by atoms with Crippen LogP contribution in [0.5, 0.6) is 0 Å². The number of piperidine rings is 1. The number of hydrogen-bond acceptors (Lipinski definition) is 4. The van der Waals surface area contributed by atoms with E-state index in [-0.39, 0.29) is 29.7 Å². The lowest BCUT2D eigenvalue weighted by Gasteiger charge is -2.34. The molecule has 1 aliphatic carbocycles. The molecule has 1 aliphatic heterocycles. The standard InChI is InChI=1S/C21H29N3O3/c1-15(20(26)23-21(27)22-18-9-5-6-10-18)24-13-11-17(12-14-24)19(25)16-7-3-2-4-8-16/h2-4,7-8,15,17-18H,5-6,9-14H2,1H3,(H2,22,23,26,27). The number of imide groups is 1. The van der Waals surface area contributed by atoms with Crippen LogP contribution in [0.1, 0.15) is 55.8 Å². The van der Waals surface area contributed by atoms with E-state index in [1.54, 1.807) is 0 Å². The predicted octanol–water partition coefficient (Wildman–Crippen LogP) is 2.74. The summed E-state index contributed by atoms with van der Waals surface area (Å²) in [4.78, 5) is 39.0. The topological polar surface area (TPSA) is 78.5 Å². The Balaban J connectivity index is 1.44. The molecule has 1 atom stereocenters. The molecular weight excluding hydrogens is 342 g/mol. The minimum absolute atomic E-state index is 0.00424. The number of hydrogen-bond donors (Lipinski definition) is 2. The van der Waals surface area contributed by atoms with E-state index in [0.29, 0.717) is 13.1 Å². The highest BCUT2D eigenvalue weighted by Crippen LogP contribution is 2.23. The highest BCUT2D eigenvalue weighted by Gasteiger charge is 2.31.